The van der Waals surface area contributed by atoms with Crippen molar-refractivity contribution in [1.29, 1.82) is 5.26 Å². The van der Waals surface area contributed by atoms with Crippen LogP contribution in [0.1, 0.15) is 21.6 Å². The predicted octanol–water partition coefficient (Wildman–Crippen LogP) is 3.11. The summed E-state index contributed by atoms with van der Waals surface area (Å²) in [5.74, 6) is -1.78. The number of aromatic amines is 1. The zero-order valence-electron chi connectivity index (χ0n) is 14.3. The van der Waals surface area contributed by atoms with Gasteiger partial charge in [0.2, 0.25) is 0 Å². The van der Waals surface area contributed by atoms with Crippen LogP contribution >= 0.6 is 19.0 Å². The Morgan fingerprint density at radius 1 is 1.37 bits per heavy atom. The number of H-pyrrole nitrogens is 1. The van der Waals surface area contributed by atoms with Gasteiger partial charge < -0.3 is 15.2 Å². The van der Waals surface area contributed by atoms with Gasteiger partial charge in [-0.25, -0.2) is 4.39 Å². The monoisotopic (exact) mass is 405 g/mol. The van der Waals surface area contributed by atoms with E-state index >= 15 is 0 Å². The van der Waals surface area contributed by atoms with E-state index < -0.39 is 19.1 Å². The van der Waals surface area contributed by atoms with E-state index in [0.29, 0.717) is 5.56 Å². The second-order valence-electron chi connectivity index (χ2n) is 5.90. The summed E-state index contributed by atoms with van der Waals surface area (Å²) in [7, 11) is -2.81. The Kier molecular flexibility index (Phi) is 4.83. The largest absolute Gasteiger partial charge is 0.364 e. The number of aryl methyl sites for hydroxylation is 1. The Morgan fingerprint density at radius 3 is 2.67 bits per heavy atom. The summed E-state index contributed by atoms with van der Waals surface area (Å²) >= 11 is 5.88. The summed E-state index contributed by atoms with van der Waals surface area (Å²) in [5.41, 5.74) is 6.29. The molecule has 0 aliphatic rings. The molecule has 0 radical (unpaired) electrons. The third-order valence-electron chi connectivity index (χ3n) is 4.16. The number of primary amides is 1. The first-order valence-electron chi connectivity index (χ1n) is 7.71. The highest BCUT2D eigenvalue weighted by molar-refractivity contribution is 7.75. The second-order valence-corrected chi connectivity index (χ2v) is 8.74. The number of nitrogens with two attached hydrogens (primary N) is 1. The number of benzene rings is 2. The minimum Gasteiger partial charge on any atom is -0.364 e. The Hall–Kier alpha value is -2.65. The number of nitrogens with zero attached hydrogens (tertiary/aromatic N) is 1. The number of amides is 1. The van der Waals surface area contributed by atoms with Crippen LogP contribution in [0.25, 0.3) is 10.9 Å². The molecule has 1 aromatic heterocycles. The van der Waals surface area contributed by atoms with Crippen molar-refractivity contribution in [3.05, 3.63) is 58.0 Å². The average Bonchev–Trinajstić information content (AvgIpc) is 3.04. The number of carbonyl (C=O) groups excluding carboxylic acids is 1. The van der Waals surface area contributed by atoms with Crippen LogP contribution in [0, 0.1) is 24.1 Å². The van der Waals surface area contributed by atoms with E-state index in [2.05, 4.69) is 4.98 Å². The van der Waals surface area contributed by atoms with Gasteiger partial charge in [0.05, 0.1) is 27.3 Å². The minimum absolute atomic E-state index is 0.138. The molecule has 0 aliphatic heterocycles. The lowest BCUT2D eigenvalue weighted by Crippen LogP contribution is -2.26. The number of carbonyl (C=O) groups is 1. The van der Waals surface area contributed by atoms with Crippen LogP contribution in [0.5, 0.6) is 0 Å². The molecular weight excluding hydrogens is 392 g/mol. The molecule has 3 aromatic rings. The molecule has 138 valence electrons. The molecule has 6 nitrogen and oxygen atoms in total. The van der Waals surface area contributed by atoms with Crippen molar-refractivity contribution in [2.24, 2.45) is 5.73 Å². The first kappa shape index (κ1) is 19.1. The van der Waals surface area contributed by atoms with E-state index in [4.69, 9.17) is 21.9 Å². The van der Waals surface area contributed by atoms with Gasteiger partial charge in [-0.15, -0.1) is 0 Å². The fourth-order valence-electron chi connectivity index (χ4n) is 3.00. The molecule has 3 rings (SSSR count). The SMILES string of the molecule is COP(=O)(c1cc(C)cc(C#N)c1)c1c(C(N)=O)[nH]c2ccc(Cl)c(F)c12. The molecule has 2 aromatic carbocycles. The van der Waals surface area contributed by atoms with Gasteiger partial charge in [-0.1, -0.05) is 11.6 Å². The molecule has 1 amide bonds. The summed E-state index contributed by atoms with van der Waals surface area (Å²) in [4.78, 5) is 14.7. The van der Waals surface area contributed by atoms with Crippen molar-refractivity contribution in [3.8, 4) is 6.07 Å². The molecule has 0 saturated carbocycles. The van der Waals surface area contributed by atoms with Gasteiger partial charge in [0, 0.05) is 17.9 Å². The van der Waals surface area contributed by atoms with Crippen LogP contribution in [0.4, 0.5) is 4.39 Å². The van der Waals surface area contributed by atoms with Crippen molar-refractivity contribution in [3.63, 3.8) is 0 Å². The highest BCUT2D eigenvalue weighted by Crippen LogP contribution is 2.48. The van der Waals surface area contributed by atoms with Crippen LogP contribution < -0.4 is 16.3 Å². The molecule has 9 heteroatoms. The van der Waals surface area contributed by atoms with E-state index in [0.717, 1.165) is 0 Å². The number of fused-ring (bicyclic) bond motifs is 1. The van der Waals surface area contributed by atoms with Gasteiger partial charge >= 0.3 is 0 Å². The molecule has 0 saturated heterocycles. The van der Waals surface area contributed by atoms with E-state index in [-0.39, 0.29) is 37.8 Å². The molecule has 1 unspecified atom stereocenters. The van der Waals surface area contributed by atoms with E-state index in [1.54, 1.807) is 19.1 Å². The second kappa shape index (κ2) is 6.82. The molecule has 0 aliphatic carbocycles. The average molecular weight is 406 g/mol. The lowest BCUT2D eigenvalue weighted by atomic mass is 10.2. The van der Waals surface area contributed by atoms with E-state index in [1.807, 2.05) is 6.07 Å². The Morgan fingerprint density at radius 2 is 2.07 bits per heavy atom. The van der Waals surface area contributed by atoms with Crippen LogP contribution in [-0.2, 0) is 9.09 Å². The normalized spacial score (nSPS) is 13.3. The van der Waals surface area contributed by atoms with Crippen molar-refractivity contribution in [2.75, 3.05) is 7.11 Å². The highest BCUT2D eigenvalue weighted by Gasteiger charge is 2.37. The summed E-state index contributed by atoms with van der Waals surface area (Å²) in [6.45, 7) is 1.71. The third-order valence-corrected chi connectivity index (χ3v) is 6.94. The number of nitrogens with one attached hydrogen (secondary N) is 1. The molecule has 0 spiro atoms. The number of aromatic nitrogens is 1. The number of rotatable bonds is 4. The lowest BCUT2D eigenvalue weighted by Gasteiger charge is -2.18. The topological polar surface area (TPSA) is 109 Å². The zero-order valence-corrected chi connectivity index (χ0v) is 16.0. The quantitative estimate of drug-likeness (QED) is 0.650. The summed E-state index contributed by atoms with van der Waals surface area (Å²) in [5, 5.41) is 8.81. The Bertz CT molecular complexity index is 1180. The molecule has 27 heavy (non-hydrogen) atoms. The number of nitriles is 1. The van der Waals surface area contributed by atoms with Crippen LogP contribution in [0.2, 0.25) is 5.02 Å². The minimum atomic E-state index is -3.99. The van der Waals surface area contributed by atoms with E-state index in [1.165, 1.54) is 25.3 Å². The number of halogens is 2. The van der Waals surface area contributed by atoms with Crippen molar-refractivity contribution < 1.29 is 18.3 Å². The number of hydrogen-bond acceptors (Lipinski definition) is 4. The first-order chi connectivity index (χ1) is 12.7. The molecular formula is C18H14ClFN3O3P. The maximum absolute atomic E-state index is 14.8. The maximum Gasteiger partial charge on any atom is 0.266 e. The fraction of sp³-hybridized carbons (Fsp3) is 0.111. The highest BCUT2D eigenvalue weighted by atomic mass is 35.5. The molecule has 1 atom stereocenters. The Labute approximate surface area is 159 Å². The van der Waals surface area contributed by atoms with E-state index in [9.17, 15) is 19.0 Å². The molecule has 0 bridgehead atoms. The standard InChI is InChI=1S/C18H14ClFN3O3P/c1-9-5-10(8-21)7-11(6-9)27(25,26-2)17-14-13(23-16(17)18(22)24)4-3-12(19)15(14)20/h3-7,23H,1-2H3,(H2,22,24). The van der Waals surface area contributed by atoms with Crippen molar-refractivity contribution in [1.82, 2.24) is 4.98 Å². The predicted molar refractivity (Wildman–Crippen MR) is 102 cm³/mol. The van der Waals surface area contributed by atoms with Crippen molar-refractivity contribution >= 4 is 46.4 Å². The summed E-state index contributed by atoms with van der Waals surface area (Å²) < 4.78 is 34.0. The smallest absolute Gasteiger partial charge is 0.266 e. The van der Waals surface area contributed by atoms with Crippen LogP contribution in [0.15, 0.2) is 30.3 Å². The van der Waals surface area contributed by atoms with Gasteiger partial charge in [0.1, 0.15) is 5.69 Å². The van der Waals surface area contributed by atoms with Gasteiger partial charge in [-0.3, -0.25) is 9.36 Å². The molecule has 3 N–H and O–H groups in total. The first-order valence-corrected chi connectivity index (χ1v) is 9.71. The third kappa shape index (κ3) is 3.02. The van der Waals surface area contributed by atoms with Gasteiger partial charge in [-0.2, -0.15) is 5.26 Å². The van der Waals surface area contributed by atoms with Crippen LogP contribution in [-0.4, -0.2) is 18.0 Å². The Balaban J connectivity index is 2.48. The summed E-state index contributed by atoms with van der Waals surface area (Å²) in [6.07, 6.45) is 0. The molecule has 1 heterocycles. The van der Waals surface area contributed by atoms with Crippen molar-refractivity contribution in [2.45, 2.75) is 6.92 Å². The number of hydrogen-bond donors (Lipinski definition) is 2. The maximum atomic E-state index is 14.8. The van der Waals surface area contributed by atoms with Gasteiger partial charge in [0.25, 0.3) is 13.3 Å². The zero-order chi connectivity index (χ0) is 19.9. The van der Waals surface area contributed by atoms with Crippen LogP contribution in [0.3, 0.4) is 0 Å². The molecule has 0 fully saturated rings. The summed E-state index contributed by atoms with van der Waals surface area (Å²) in [6, 6.07) is 9.27. The van der Waals surface area contributed by atoms with Gasteiger partial charge in [-0.05, 0) is 42.8 Å². The fourth-order valence-corrected chi connectivity index (χ4v) is 5.47. The lowest BCUT2D eigenvalue weighted by molar-refractivity contribution is 0.0997. The van der Waals surface area contributed by atoms with Gasteiger partial charge in [0.15, 0.2) is 5.82 Å².